The van der Waals surface area contributed by atoms with Gasteiger partial charge in [-0.25, -0.2) is 9.18 Å². The zero-order valence-electron chi connectivity index (χ0n) is 11.4. The minimum atomic E-state index is -2.09. The predicted octanol–water partition coefficient (Wildman–Crippen LogP) is 3.91. The molecular formula is C13H19FO3Si. The van der Waals surface area contributed by atoms with Crippen molar-refractivity contribution in [3.8, 4) is 5.75 Å². The van der Waals surface area contributed by atoms with Crippen molar-refractivity contribution in [3.63, 3.8) is 0 Å². The van der Waals surface area contributed by atoms with E-state index >= 15 is 0 Å². The van der Waals surface area contributed by atoms with Crippen molar-refractivity contribution < 1.29 is 18.7 Å². The second kappa shape index (κ2) is 4.72. The van der Waals surface area contributed by atoms with Gasteiger partial charge in [-0.2, -0.15) is 0 Å². The number of halogens is 1. The van der Waals surface area contributed by atoms with Crippen LogP contribution in [-0.2, 0) is 0 Å². The van der Waals surface area contributed by atoms with Crippen LogP contribution in [0.25, 0.3) is 0 Å². The highest BCUT2D eigenvalue weighted by Crippen LogP contribution is 2.37. The summed E-state index contributed by atoms with van der Waals surface area (Å²) in [5.41, 5.74) is -0.0938. The molecule has 0 aliphatic carbocycles. The van der Waals surface area contributed by atoms with Crippen LogP contribution in [0.3, 0.4) is 0 Å². The minimum absolute atomic E-state index is 0.0251. The molecule has 0 radical (unpaired) electrons. The summed E-state index contributed by atoms with van der Waals surface area (Å²) in [7, 11) is -2.09. The molecule has 100 valence electrons. The number of hydrogen-bond donors (Lipinski definition) is 1. The Bertz CT molecular complexity index is 464. The summed E-state index contributed by atoms with van der Waals surface area (Å²) in [5, 5.41) is 8.86. The fraction of sp³-hybridized carbons (Fsp3) is 0.462. The lowest BCUT2D eigenvalue weighted by Gasteiger charge is -2.36. The topological polar surface area (TPSA) is 46.5 Å². The largest absolute Gasteiger partial charge is 0.543 e. The smallest absolute Gasteiger partial charge is 0.335 e. The average Bonchev–Trinajstić information content (AvgIpc) is 2.13. The van der Waals surface area contributed by atoms with Crippen LogP contribution < -0.4 is 4.43 Å². The van der Waals surface area contributed by atoms with Crippen molar-refractivity contribution in [1.29, 1.82) is 0 Å². The lowest BCUT2D eigenvalue weighted by Crippen LogP contribution is -2.43. The quantitative estimate of drug-likeness (QED) is 0.847. The van der Waals surface area contributed by atoms with E-state index in [4.69, 9.17) is 9.53 Å². The molecule has 18 heavy (non-hydrogen) atoms. The highest BCUT2D eigenvalue weighted by atomic mass is 28.4. The molecular weight excluding hydrogens is 251 g/mol. The summed E-state index contributed by atoms with van der Waals surface area (Å²) < 4.78 is 19.2. The second-order valence-corrected chi connectivity index (χ2v) is 10.6. The van der Waals surface area contributed by atoms with Gasteiger partial charge in [-0.05, 0) is 30.3 Å². The van der Waals surface area contributed by atoms with Crippen molar-refractivity contribution >= 4 is 14.3 Å². The third-order valence-electron chi connectivity index (χ3n) is 3.30. The van der Waals surface area contributed by atoms with Crippen LogP contribution >= 0.6 is 0 Å². The summed E-state index contributed by atoms with van der Waals surface area (Å²) in [5.74, 6) is -1.46. The molecule has 0 saturated heterocycles. The lowest BCUT2D eigenvalue weighted by molar-refractivity contribution is 0.0696. The Labute approximate surface area is 108 Å². The Morgan fingerprint density at radius 1 is 1.28 bits per heavy atom. The van der Waals surface area contributed by atoms with E-state index in [-0.39, 0.29) is 10.6 Å². The Hall–Kier alpha value is -1.36. The van der Waals surface area contributed by atoms with Gasteiger partial charge in [0.25, 0.3) is 0 Å². The highest BCUT2D eigenvalue weighted by Gasteiger charge is 2.39. The zero-order valence-corrected chi connectivity index (χ0v) is 12.4. The molecule has 0 amide bonds. The molecule has 1 aromatic carbocycles. The first-order valence-electron chi connectivity index (χ1n) is 5.76. The number of carbonyl (C=O) groups is 1. The maximum atomic E-state index is 13.3. The van der Waals surface area contributed by atoms with Crippen LogP contribution in [0.15, 0.2) is 18.2 Å². The van der Waals surface area contributed by atoms with Gasteiger partial charge in [0, 0.05) is 6.07 Å². The number of carboxylic acids is 1. The number of rotatable bonds is 3. The molecule has 5 heteroatoms. The molecule has 0 atom stereocenters. The minimum Gasteiger partial charge on any atom is -0.543 e. The van der Waals surface area contributed by atoms with E-state index in [2.05, 4.69) is 20.8 Å². The molecule has 0 aliphatic rings. The monoisotopic (exact) mass is 270 g/mol. The molecule has 3 nitrogen and oxygen atoms in total. The van der Waals surface area contributed by atoms with Gasteiger partial charge >= 0.3 is 5.97 Å². The Kier molecular flexibility index (Phi) is 3.86. The lowest BCUT2D eigenvalue weighted by atomic mass is 10.2. The first-order valence-corrected chi connectivity index (χ1v) is 8.67. The first kappa shape index (κ1) is 14.7. The molecule has 1 N–H and O–H groups in total. The maximum absolute atomic E-state index is 13.3. The van der Waals surface area contributed by atoms with Gasteiger partial charge in [-0.3, -0.25) is 0 Å². The van der Waals surface area contributed by atoms with Gasteiger partial charge in [0.05, 0.1) is 5.56 Å². The fourth-order valence-corrected chi connectivity index (χ4v) is 2.21. The van der Waals surface area contributed by atoms with Gasteiger partial charge in [-0.1, -0.05) is 20.8 Å². The Morgan fingerprint density at radius 2 is 1.83 bits per heavy atom. The molecule has 0 unspecified atom stereocenters. The molecule has 0 saturated carbocycles. The number of carboxylic acid groups (broad SMARTS) is 1. The van der Waals surface area contributed by atoms with Crippen molar-refractivity contribution in [3.05, 3.63) is 29.6 Å². The van der Waals surface area contributed by atoms with Crippen molar-refractivity contribution in [2.75, 3.05) is 0 Å². The molecule has 1 rings (SSSR count). The van der Waals surface area contributed by atoms with E-state index in [0.717, 1.165) is 6.07 Å². The third-order valence-corrected chi connectivity index (χ3v) is 7.66. The highest BCUT2D eigenvalue weighted by molar-refractivity contribution is 6.74. The summed E-state index contributed by atoms with van der Waals surface area (Å²) in [4.78, 5) is 10.9. The average molecular weight is 270 g/mol. The van der Waals surface area contributed by atoms with Crippen molar-refractivity contribution in [2.24, 2.45) is 0 Å². The van der Waals surface area contributed by atoms with Gasteiger partial charge in [0.1, 0.15) is 11.6 Å². The van der Waals surface area contributed by atoms with E-state index in [1.807, 2.05) is 13.1 Å². The summed E-state index contributed by atoms with van der Waals surface area (Å²) in [6.45, 7) is 10.3. The summed E-state index contributed by atoms with van der Waals surface area (Å²) in [6.07, 6.45) is 0. The number of benzene rings is 1. The fourth-order valence-electron chi connectivity index (χ4n) is 1.19. The molecule has 0 aromatic heterocycles. The van der Waals surface area contributed by atoms with E-state index in [0.29, 0.717) is 5.75 Å². The van der Waals surface area contributed by atoms with Crippen LogP contribution in [0.1, 0.15) is 31.1 Å². The van der Waals surface area contributed by atoms with Crippen LogP contribution in [0, 0.1) is 5.82 Å². The molecule has 1 aromatic rings. The first-order chi connectivity index (χ1) is 8.03. The van der Waals surface area contributed by atoms with Gasteiger partial charge < -0.3 is 9.53 Å². The van der Waals surface area contributed by atoms with Crippen LogP contribution in [-0.4, -0.2) is 19.4 Å². The zero-order chi connectivity index (χ0) is 14.1. The maximum Gasteiger partial charge on any atom is 0.335 e. The van der Waals surface area contributed by atoms with Crippen molar-refractivity contribution in [1.82, 2.24) is 0 Å². The van der Waals surface area contributed by atoms with Crippen molar-refractivity contribution in [2.45, 2.75) is 38.9 Å². The third kappa shape index (κ3) is 3.32. The second-order valence-electron chi connectivity index (χ2n) is 5.84. The SMILES string of the molecule is CC(C)(C)[Si](C)(C)Oc1cc(F)cc(C(=O)O)c1. The van der Waals surface area contributed by atoms with E-state index in [1.165, 1.54) is 12.1 Å². The summed E-state index contributed by atoms with van der Waals surface area (Å²) >= 11 is 0. The Balaban J connectivity index is 3.09. The normalized spacial score (nSPS) is 12.3. The standard InChI is InChI=1S/C13H19FO3Si/c1-13(2,3)18(4,5)17-11-7-9(12(15)16)6-10(14)8-11/h6-8H,1-5H3,(H,15,16). The molecule has 0 heterocycles. The van der Waals surface area contributed by atoms with Gasteiger partial charge in [0.15, 0.2) is 0 Å². The van der Waals surface area contributed by atoms with Crippen LogP contribution in [0.2, 0.25) is 18.1 Å². The molecule has 0 aliphatic heterocycles. The Morgan fingerprint density at radius 3 is 2.28 bits per heavy atom. The number of hydrogen-bond acceptors (Lipinski definition) is 2. The van der Waals surface area contributed by atoms with Crippen LogP contribution in [0.5, 0.6) is 5.75 Å². The summed E-state index contributed by atoms with van der Waals surface area (Å²) in [6, 6.07) is 3.58. The van der Waals surface area contributed by atoms with E-state index < -0.39 is 20.1 Å². The number of aromatic carboxylic acids is 1. The molecule has 0 fully saturated rings. The molecule has 0 bridgehead atoms. The van der Waals surface area contributed by atoms with Crippen LogP contribution in [0.4, 0.5) is 4.39 Å². The van der Waals surface area contributed by atoms with Gasteiger partial charge in [-0.15, -0.1) is 0 Å². The van der Waals surface area contributed by atoms with E-state index in [9.17, 15) is 9.18 Å². The van der Waals surface area contributed by atoms with E-state index in [1.54, 1.807) is 0 Å². The predicted molar refractivity (Wildman–Crippen MR) is 71.2 cm³/mol. The van der Waals surface area contributed by atoms with Gasteiger partial charge in [0.2, 0.25) is 8.32 Å². The molecule has 0 spiro atoms.